The summed E-state index contributed by atoms with van der Waals surface area (Å²) in [6.45, 7) is 6.74. The van der Waals surface area contributed by atoms with Gasteiger partial charge in [0.25, 0.3) is 5.91 Å². The van der Waals surface area contributed by atoms with Gasteiger partial charge in [0, 0.05) is 31.9 Å². The standard InChI is InChI=1S/C22H24N6O3/c1-15-13-16(2)28(25-15)21-8-7-20(23-24-21)26-9-11-27(12-10-26)22(29)19-14-30-17-5-3-4-6-18(17)31-19/h3-8,13,19H,9-12,14H2,1-2H3. The second-order valence-electron chi connectivity index (χ2n) is 7.77. The molecule has 31 heavy (non-hydrogen) atoms. The van der Waals surface area contributed by atoms with E-state index in [0.717, 1.165) is 17.2 Å². The van der Waals surface area contributed by atoms with Gasteiger partial charge in [-0.1, -0.05) is 12.1 Å². The van der Waals surface area contributed by atoms with Crippen molar-refractivity contribution in [2.45, 2.75) is 20.0 Å². The van der Waals surface area contributed by atoms with Crippen molar-refractivity contribution in [3.63, 3.8) is 0 Å². The molecule has 0 aliphatic carbocycles. The third kappa shape index (κ3) is 3.78. The van der Waals surface area contributed by atoms with E-state index in [1.807, 2.05) is 61.2 Å². The van der Waals surface area contributed by atoms with Crippen LogP contribution in [-0.4, -0.2) is 69.7 Å². The minimum atomic E-state index is -0.610. The van der Waals surface area contributed by atoms with E-state index < -0.39 is 6.10 Å². The zero-order chi connectivity index (χ0) is 21.4. The van der Waals surface area contributed by atoms with Crippen LogP contribution in [0.2, 0.25) is 0 Å². The summed E-state index contributed by atoms with van der Waals surface area (Å²) in [6, 6.07) is 13.3. The fourth-order valence-electron chi connectivity index (χ4n) is 3.96. The maximum Gasteiger partial charge on any atom is 0.267 e. The van der Waals surface area contributed by atoms with Crippen LogP contribution >= 0.6 is 0 Å². The Balaban J connectivity index is 1.20. The van der Waals surface area contributed by atoms with Crippen LogP contribution < -0.4 is 14.4 Å². The van der Waals surface area contributed by atoms with Gasteiger partial charge in [-0.3, -0.25) is 4.79 Å². The summed E-state index contributed by atoms with van der Waals surface area (Å²) < 4.78 is 13.3. The molecule has 5 rings (SSSR count). The number of piperazine rings is 1. The van der Waals surface area contributed by atoms with E-state index in [2.05, 4.69) is 20.2 Å². The second kappa shape index (κ2) is 7.90. The predicted octanol–water partition coefficient (Wildman–Crippen LogP) is 1.77. The van der Waals surface area contributed by atoms with Gasteiger partial charge in [0.2, 0.25) is 6.10 Å². The van der Waals surface area contributed by atoms with Crippen LogP contribution in [0.4, 0.5) is 5.82 Å². The largest absolute Gasteiger partial charge is 0.485 e. The number of rotatable bonds is 3. The summed E-state index contributed by atoms with van der Waals surface area (Å²) in [5, 5.41) is 13.2. The molecular formula is C22H24N6O3. The first-order chi connectivity index (χ1) is 15.1. The molecular weight excluding hydrogens is 396 g/mol. The summed E-state index contributed by atoms with van der Waals surface area (Å²) in [5.41, 5.74) is 1.96. The zero-order valence-corrected chi connectivity index (χ0v) is 17.6. The molecule has 160 valence electrons. The molecule has 0 N–H and O–H groups in total. The minimum Gasteiger partial charge on any atom is -0.485 e. The number of carbonyl (C=O) groups is 1. The molecule has 0 spiro atoms. The van der Waals surface area contributed by atoms with Crippen LogP contribution in [0.1, 0.15) is 11.4 Å². The lowest BCUT2D eigenvalue weighted by atomic mass is 10.2. The number of hydrogen-bond donors (Lipinski definition) is 0. The molecule has 1 saturated heterocycles. The number of hydrogen-bond acceptors (Lipinski definition) is 7. The van der Waals surface area contributed by atoms with Crippen LogP contribution in [-0.2, 0) is 4.79 Å². The number of ether oxygens (including phenoxy) is 2. The first-order valence-electron chi connectivity index (χ1n) is 10.4. The molecule has 0 radical (unpaired) electrons. The Labute approximate surface area is 180 Å². The number of amides is 1. The summed E-state index contributed by atoms with van der Waals surface area (Å²) in [4.78, 5) is 16.9. The molecule has 1 atom stereocenters. The highest BCUT2D eigenvalue weighted by Crippen LogP contribution is 2.31. The summed E-state index contributed by atoms with van der Waals surface area (Å²) in [6.07, 6.45) is -0.610. The van der Waals surface area contributed by atoms with Gasteiger partial charge in [-0.25, -0.2) is 4.68 Å². The number of aromatic nitrogens is 4. The average molecular weight is 420 g/mol. The van der Waals surface area contributed by atoms with Gasteiger partial charge in [0.05, 0.1) is 5.69 Å². The monoisotopic (exact) mass is 420 g/mol. The SMILES string of the molecule is Cc1cc(C)n(-c2ccc(N3CCN(C(=O)C4COc5ccccc5O4)CC3)nn2)n1. The molecule has 9 heteroatoms. The maximum absolute atomic E-state index is 12.9. The summed E-state index contributed by atoms with van der Waals surface area (Å²) in [5.74, 6) is 2.74. The molecule has 1 aromatic carbocycles. The van der Waals surface area contributed by atoms with E-state index in [-0.39, 0.29) is 12.5 Å². The lowest BCUT2D eigenvalue weighted by molar-refractivity contribution is -0.141. The van der Waals surface area contributed by atoms with Gasteiger partial charge in [-0.15, -0.1) is 10.2 Å². The predicted molar refractivity (Wildman–Crippen MR) is 114 cm³/mol. The van der Waals surface area contributed by atoms with E-state index in [0.29, 0.717) is 43.5 Å². The smallest absolute Gasteiger partial charge is 0.267 e. The molecule has 0 saturated carbocycles. The Morgan fingerprint density at radius 3 is 2.35 bits per heavy atom. The summed E-state index contributed by atoms with van der Waals surface area (Å²) in [7, 11) is 0. The lowest BCUT2D eigenvalue weighted by Gasteiger charge is -2.37. The molecule has 3 aromatic rings. The van der Waals surface area contributed by atoms with Crippen LogP contribution in [0.25, 0.3) is 5.82 Å². The number of fused-ring (bicyclic) bond motifs is 1. The highest BCUT2D eigenvalue weighted by molar-refractivity contribution is 5.82. The Kier molecular flexibility index (Phi) is 4.93. The second-order valence-corrected chi connectivity index (χ2v) is 7.77. The lowest BCUT2D eigenvalue weighted by Crippen LogP contribution is -2.54. The van der Waals surface area contributed by atoms with Crippen LogP contribution in [0.5, 0.6) is 11.5 Å². The highest BCUT2D eigenvalue weighted by atomic mass is 16.6. The van der Waals surface area contributed by atoms with Crippen LogP contribution in [0, 0.1) is 13.8 Å². The van der Waals surface area contributed by atoms with Crippen molar-refractivity contribution in [1.29, 1.82) is 0 Å². The van der Waals surface area contributed by atoms with Gasteiger partial charge >= 0.3 is 0 Å². The molecule has 0 bridgehead atoms. The first kappa shape index (κ1) is 19.3. The molecule has 1 unspecified atom stereocenters. The van der Waals surface area contributed by atoms with Crippen LogP contribution in [0.3, 0.4) is 0 Å². The quantitative estimate of drug-likeness (QED) is 0.638. The normalized spacial score (nSPS) is 18.2. The van der Waals surface area contributed by atoms with E-state index >= 15 is 0 Å². The van der Waals surface area contributed by atoms with Crippen molar-refractivity contribution in [2.24, 2.45) is 0 Å². The summed E-state index contributed by atoms with van der Waals surface area (Å²) >= 11 is 0. The first-order valence-corrected chi connectivity index (χ1v) is 10.4. The fourth-order valence-corrected chi connectivity index (χ4v) is 3.96. The van der Waals surface area contributed by atoms with Crippen molar-refractivity contribution in [2.75, 3.05) is 37.7 Å². The van der Waals surface area contributed by atoms with Crippen LogP contribution in [0.15, 0.2) is 42.5 Å². The molecule has 1 amide bonds. The van der Waals surface area contributed by atoms with E-state index in [1.165, 1.54) is 0 Å². The van der Waals surface area contributed by atoms with Gasteiger partial charge < -0.3 is 19.3 Å². The van der Waals surface area contributed by atoms with Crippen molar-refractivity contribution in [3.8, 4) is 17.3 Å². The third-order valence-corrected chi connectivity index (χ3v) is 5.56. The Morgan fingerprint density at radius 2 is 1.68 bits per heavy atom. The minimum absolute atomic E-state index is 0.0416. The number of carbonyl (C=O) groups excluding carboxylic acids is 1. The molecule has 9 nitrogen and oxygen atoms in total. The Morgan fingerprint density at radius 1 is 0.968 bits per heavy atom. The number of para-hydroxylation sites is 2. The molecule has 2 aromatic heterocycles. The van der Waals surface area contributed by atoms with Crippen molar-refractivity contribution in [1.82, 2.24) is 24.9 Å². The Bertz CT molecular complexity index is 1090. The molecule has 2 aliphatic heterocycles. The number of aryl methyl sites for hydroxylation is 2. The topological polar surface area (TPSA) is 85.6 Å². The van der Waals surface area contributed by atoms with Gasteiger partial charge in [0.15, 0.2) is 23.1 Å². The zero-order valence-electron chi connectivity index (χ0n) is 17.6. The van der Waals surface area contributed by atoms with E-state index in [9.17, 15) is 4.79 Å². The third-order valence-electron chi connectivity index (χ3n) is 5.56. The maximum atomic E-state index is 12.9. The van der Waals surface area contributed by atoms with Gasteiger partial charge in [-0.2, -0.15) is 5.10 Å². The molecule has 4 heterocycles. The number of anilines is 1. The fraction of sp³-hybridized carbons (Fsp3) is 0.364. The van der Waals surface area contributed by atoms with Crippen molar-refractivity contribution < 1.29 is 14.3 Å². The van der Waals surface area contributed by atoms with Crippen molar-refractivity contribution >= 4 is 11.7 Å². The highest BCUT2D eigenvalue weighted by Gasteiger charge is 2.32. The van der Waals surface area contributed by atoms with E-state index in [1.54, 1.807) is 4.68 Å². The van der Waals surface area contributed by atoms with Gasteiger partial charge in [-0.05, 0) is 44.2 Å². The van der Waals surface area contributed by atoms with Crippen molar-refractivity contribution in [3.05, 3.63) is 53.9 Å². The molecule has 2 aliphatic rings. The number of nitrogens with zero attached hydrogens (tertiary/aromatic N) is 6. The molecule has 1 fully saturated rings. The van der Waals surface area contributed by atoms with E-state index in [4.69, 9.17) is 9.47 Å². The number of benzene rings is 1. The average Bonchev–Trinajstić information content (AvgIpc) is 3.16. The Hall–Kier alpha value is -3.62. The van der Waals surface area contributed by atoms with Gasteiger partial charge in [0.1, 0.15) is 6.61 Å².